The zero-order valence-corrected chi connectivity index (χ0v) is 21.8. The Balaban J connectivity index is 1.46. The van der Waals surface area contributed by atoms with E-state index in [4.69, 9.17) is 14.2 Å². The summed E-state index contributed by atoms with van der Waals surface area (Å²) in [5, 5.41) is 10.5. The van der Waals surface area contributed by atoms with E-state index in [0.717, 1.165) is 11.1 Å². The van der Waals surface area contributed by atoms with Crippen LogP contribution in [0.3, 0.4) is 0 Å². The number of aromatic nitrogens is 3. The van der Waals surface area contributed by atoms with E-state index in [1.165, 1.54) is 18.5 Å². The lowest BCUT2D eigenvalue weighted by Crippen LogP contribution is -2.31. The highest BCUT2D eigenvalue weighted by molar-refractivity contribution is 6.06. The molecule has 0 fully saturated rings. The van der Waals surface area contributed by atoms with Crippen molar-refractivity contribution in [2.75, 3.05) is 24.4 Å². The molecule has 2 N–H and O–H groups in total. The van der Waals surface area contributed by atoms with Crippen LogP contribution in [0, 0.1) is 5.82 Å². The van der Waals surface area contributed by atoms with E-state index in [9.17, 15) is 9.18 Å². The van der Waals surface area contributed by atoms with Crippen molar-refractivity contribution in [2.24, 2.45) is 0 Å². The highest BCUT2D eigenvalue weighted by atomic mass is 19.1. The highest BCUT2D eigenvalue weighted by Gasteiger charge is 2.34. The smallest absolute Gasteiger partial charge is 0.255 e. The summed E-state index contributed by atoms with van der Waals surface area (Å²) < 4.78 is 32.1. The number of rotatable bonds is 9. The molecule has 1 aromatic heterocycles. The van der Waals surface area contributed by atoms with Crippen LogP contribution in [0.25, 0.3) is 0 Å². The average Bonchev–Trinajstić information content (AvgIpc) is 3.41. The average molecular weight is 530 g/mol. The molecule has 4 aromatic rings. The number of halogens is 1. The summed E-state index contributed by atoms with van der Waals surface area (Å²) in [5.74, 6) is 1.67. The van der Waals surface area contributed by atoms with Gasteiger partial charge in [-0.05, 0) is 73.5 Å². The minimum absolute atomic E-state index is 0.245. The minimum Gasteiger partial charge on any atom is -0.497 e. The van der Waals surface area contributed by atoms with Gasteiger partial charge in [0.2, 0.25) is 5.95 Å². The van der Waals surface area contributed by atoms with Crippen molar-refractivity contribution in [3.8, 4) is 17.2 Å². The van der Waals surface area contributed by atoms with Gasteiger partial charge in [-0.15, -0.1) is 0 Å². The first-order chi connectivity index (χ1) is 19.0. The van der Waals surface area contributed by atoms with Gasteiger partial charge in [-0.2, -0.15) is 10.1 Å². The molecule has 200 valence electrons. The second kappa shape index (κ2) is 11.3. The first-order valence-electron chi connectivity index (χ1n) is 12.4. The number of hydrogen-bond acceptors (Lipinski definition) is 7. The number of carbonyl (C=O) groups excluding carboxylic acids is 1. The standard InChI is InChI=1S/C29H28FN5O4/c1-4-38-25-15-20(7-14-24(25)39-16-19-5-8-21(30)9-6-19)27-26(18(2)33-29-31-17-32-35(27)29)28(36)34-22-10-12-23(37-3)13-11-22/h5-15,17,27H,4,16H2,1-3H3,(H,34,36)(H,31,32,33)/t27-/m0/s1. The van der Waals surface area contributed by atoms with Crippen LogP contribution in [0.5, 0.6) is 17.2 Å². The van der Waals surface area contributed by atoms with Gasteiger partial charge in [0, 0.05) is 11.4 Å². The molecule has 0 saturated heterocycles. The van der Waals surface area contributed by atoms with Crippen LogP contribution in [0.4, 0.5) is 16.0 Å². The van der Waals surface area contributed by atoms with Crippen molar-refractivity contribution in [1.29, 1.82) is 0 Å². The van der Waals surface area contributed by atoms with Crippen LogP contribution in [-0.2, 0) is 11.4 Å². The molecule has 2 heterocycles. The Morgan fingerprint density at radius 3 is 2.54 bits per heavy atom. The van der Waals surface area contributed by atoms with Crippen molar-refractivity contribution in [2.45, 2.75) is 26.5 Å². The molecule has 1 aliphatic rings. The predicted molar refractivity (Wildman–Crippen MR) is 144 cm³/mol. The van der Waals surface area contributed by atoms with Gasteiger partial charge in [-0.1, -0.05) is 18.2 Å². The molecule has 0 radical (unpaired) electrons. The number of methoxy groups -OCH3 is 1. The molecule has 1 atom stereocenters. The molecule has 0 aliphatic carbocycles. The maximum absolute atomic E-state index is 13.6. The van der Waals surface area contributed by atoms with Gasteiger partial charge < -0.3 is 24.8 Å². The number of carbonyl (C=O) groups is 1. The summed E-state index contributed by atoms with van der Waals surface area (Å²) in [6.45, 7) is 4.37. The molecule has 5 rings (SSSR count). The molecule has 1 aliphatic heterocycles. The Morgan fingerprint density at radius 2 is 1.82 bits per heavy atom. The third-order valence-electron chi connectivity index (χ3n) is 6.28. The lowest BCUT2D eigenvalue weighted by Gasteiger charge is -2.29. The van der Waals surface area contributed by atoms with Gasteiger partial charge in [0.05, 0.1) is 19.3 Å². The Labute approximate surface area is 225 Å². The van der Waals surface area contributed by atoms with Crippen molar-refractivity contribution in [3.05, 3.63) is 101 Å². The second-order valence-corrected chi connectivity index (χ2v) is 8.83. The fourth-order valence-electron chi connectivity index (χ4n) is 4.39. The Kier molecular flexibility index (Phi) is 7.44. The van der Waals surface area contributed by atoms with Gasteiger partial charge in [0.1, 0.15) is 30.5 Å². The quantitative estimate of drug-likeness (QED) is 0.302. The number of amides is 1. The van der Waals surface area contributed by atoms with Gasteiger partial charge in [-0.3, -0.25) is 4.79 Å². The van der Waals surface area contributed by atoms with Crippen LogP contribution in [-0.4, -0.2) is 34.4 Å². The first kappa shape index (κ1) is 25.8. The summed E-state index contributed by atoms with van der Waals surface area (Å²) in [7, 11) is 1.59. The number of fused-ring (bicyclic) bond motifs is 1. The van der Waals surface area contributed by atoms with E-state index < -0.39 is 6.04 Å². The first-order valence-corrected chi connectivity index (χ1v) is 12.4. The molecule has 3 aromatic carbocycles. The summed E-state index contributed by atoms with van der Waals surface area (Å²) in [4.78, 5) is 17.9. The molecule has 0 unspecified atom stereocenters. The number of nitrogens with zero attached hydrogens (tertiary/aromatic N) is 3. The molecule has 9 nitrogen and oxygen atoms in total. The van der Waals surface area contributed by atoms with E-state index in [1.807, 2.05) is 26.0 Å². The maximum atomic E-state index is 13.6. The minimum atomic E-state index is -0.577. The zero-order chi connectivity index (χ0) is 27.4. The van der Waals surface area contributed by atoms with Crippen LogP contribution >= 0.6 is 0 Å². The zero-order valence-electron chi connectivity index (χ0n) is 21.8. The molecule has 10 heteroatoms. The molecule has 1 amide bonds. The molecule has 0 bridgehead atoms. The van der Waals surface area contributed by atoms with Crippen molar-refractivity contribution in [3.63, 3.8) is 0 Å². The fraction of sp³-hybridized carbons (Fsp3) is 0.207. The topological polar surface area (TPSA) is 99.5 Å². The van der Waals surface area contributed by atoms with E-state index in [-0.39, 0.29) is 18.3 Å². The third-order valence-corrected chi connectivity index (χ3v) is 6.28. The van der Waals surface area contributed by atoms with Gasteiger partial charge in [-0.25, -0.2) is 9.07 Å². The van der Waals surface area contributed by atoms with Gasteiger partial charge >= 0.3 is 0 Å². The van der Waals surface area contributed by atoms with Crippen molar-refractivity contribution in [1.82, 2.24) is 14.8 Å². The maximum Gasteiger partial charge on any atom is 0.255 e. The Hall–Kier alpha value is -4.86. The van der Waals surface area contributed by atoms with Crippen LogP contribution < -0.4 is 24.8 Å². The van der Waals surface area contributed by atoms with Crippen LogP contribution in [0.15, 0.2) is 84.3 Å². The fourth-order valence-corrected chi connectivity index (χ4v) is 4.39. The largest absolute Gasteiger partial charge is 0.497 e. The normalized spacial score (nSPS) is 14.3. The van der Waals surface area contributed by atoms with E-state index >= 15 is 0 Å². The van der Waals surface area contributed by atoms with E-state index in [1.54, 1.807) is 54.3 Å². The lowest BCUT2D eigenvalue weighted by atomic mass is 9.94. The Bertz CT molecular complexity index is 1500. The van der Waals surface area contributed by atoms with E-state index in [2.05, 4.69) is 20.7 Å². The molecular weight excluding hydrogens is 501 g/mol. The number of hydrogen-bond donors (Lipinski definition) is 2. The molecule has 39 heavy (non-hydrogen) atoms. The Morgan fingerprint density at radius 1 is 1.05 bits per heavy atom. The van der Waals surface area contributed by atoms with Crippen LogP contribution in [0.2, 0.25) is 0 Å². The lowest BCUT2D eigenvalue weighted by molar-refractivity contribution is -0.113. The number of ether oxygens (including phenoxy) is 3. The molecule has 0 saturated carbocycles. The SMILES string of the molecule is CCOc1cc([C@H]2C(C(=O)Nc3ccc(OC)cc3)=C(C)Nc3ncnn32)ccc1OCc1ccc(F)cc1. The number of anilines is 2. The molecular formula is C29H28FN5O4. The van der Waals surface area contributed by atoms with Gasteiger partial charge in [0.15, 0.2) is 11.5 Å². The monoisotopic (exact) mass is 529 g/mol. The van der Waals surface area contributed by atoms with Crippen molar-refractivity contribution < 1.29 is 23.4 Å². The highest BCUT2D eigenvalue weighted by Crippen LogP contribution is 2.39. The van der Waals surface area contributed by atoms with E-state index in [0.29, 0.717) is 46.8 Å². The predicted octanol–water partition coefficient (Wildman–Crippen LogP) is 5.33. The van der Waals surface area contributed by atoms with Gasteiger partial charge in [0.25, 0.3) is 5.91 Å². The second-order valence-electron chi connectivity index (χ2n) is 8.83. The summed E-state index contributed by atoms with van der Waals surface area (Å²) in [5.41, 5.74) is 3.35. The van der Waals surface area contributed by atoms with Crippen molar-refractivity contribution >= 4 is 17.5 Å². The summed E-state index contributed by atoms with van der Waals surface area (Å²) in [6, 6.07) is 18.2. The summed E-state index contributed by atoms with van der Waals surface area (Å²) >= 11 is 0. The third kappa shape index (κ3) is 5.54. The summed E-state index contributed by atoms with van der Waals surface area (Å²) in [6.07, 6.45) is 1.44. The number of benzene rings is 3. The molecule has 0 spiro atoms. The van der Waals surface area contributed by atoms with Crippen LogP contribution in [0.1, 0.15) is 31.0 Å². The number of allylic oxidation sites excluding steroid dienone is 1. The number of nitrogens with one attached hydrogen (secondary N) is 2.